The normalized spacial score (nSPS) is 22.7. The van der Waals surface area contributed by atoms with Crippen molar-refractivity contribution in [3.63, 3.8) is 0 Å². The average molecular weight is 194 g/mol. The molecule has 0 spiro atoms. The van der Waals surface area contributed by atoms with Crippen molar-refractivity contribution in [2.45, 2.75) is 25.9 Å². The van der Waals surface area contributed by atoms with E-state index in [1.165, 1.54) is 0 Å². The molecule has 1 fully saturated rings. The summed E-state index contributed by atoms with van der Waals surface area (Å²) in [6, 6.07) is 0. The second-order valence-corrected chi connectivity index (χ2v) is 3.66. The molecule has 0 aromatic carbocycles. The zero-order chi connectivity index (χ0) is 10.1. The van der Waals surface area contributed by atoms with E-state index in [0.29, 0.717) is 19.4 Å². The van der Waals surface area contributed by atoms with Crippen LogP contribution in [-0.2, 0) is 16.6 Å². The molecule has 0 saturated carbocycles. The quantitative estimate of drug-likeness (QED) is 0.673. The summed E-state index contributed by atoms with van der Waals surface area (Å²) in [5, 5.41) is 4.14. The maximum Gasteiger partial charge on any atom is 0.138 e. The summed E-state index contributed by atoms with van der Waals surface area (Å²) >= 11 is 0. The van der Waals surface area contributed by atoms with Gasteiger partial charge < -0.3 is 4.74 Å². The van der Waals surface area contributed by atoms with Gasteiger partial charge in [-0.05, 0) is 6.92 Å². The van der Waals surface area contributed by atoms with E-state index >= 15 is 0 Å². The SMILES string of the molecule is Cc1c(C2CC(=O)CCO2)cnn1C. The standard InChI is InChI=1S/C10H14N2O2/c1-7-9(6-11-12(7)2)10-5-8(13)3-4-14-10/h6,10H,3-5H2,1-2H3. The molecule has 0 bridgehead atoms. The summed E-state index contributed by atoms with van der Waals surface area (Å²) in [6.07, 6.45) is 2.76. The Kier molecular flexibility index (Phi) is 2.37. The highest BCUT2D eigenvalue weighted by Gasteiger charge is 2.24. The van der Waals surface area contributed by atoms with E-state index in [0.717, 1.165) is 11.3 Å². The Morgan fingerprint density at radius 3 is 3.00 bits per heavy atom. The van der Waals surface area contributed by atoms with Crippen molar-refractivity contribution in [3.8, 4) is 0 Å². The monoisotopic (exact) mass is 194 g/mol. The zero-order valence-electron chi connectivity index (χ0n) is 8.49. The van der Waals surface area contributed by atoms with Gasteiger partial charge in [0.1, 0.15) is 5.78 Å². The second kappa shape index (κ2) is 3.53. The number of ether oxygens (including phenoxy) is 1. The van der Waals surface area contributed by atoms with Gasteiger partial charge >= 0.3 is 0 Å². The molecule has 1 aromatic rings. The van der Waals surface area contributed by atoms with E-state index in [-0.39, 0.29) is 11.9 Å². The van der Waals surface area contributed by atoms with Gasteiger partial charge in [-0.2, -0.15) is 5.10 Å². The van der Waals surface area contributed by atoms with Crippen molar-refractivity contribution < 1.29 is 9.53 Å². The van der Waals surface area contributed by atoms with E-state index in [1.807, 2.05) is 14.0 Å². The van der Waals surface area contributed by atoms with Crippen LogP contribution in [0.15, 0.2) is 6.20 Å². The van der Waals surface area contributed by atoms with Crippen LogP contribution in [0, 0.1) is 6.92 Å². The summed E-state index contributed by atoms with van der Waals surface area (Å²) < 4.78 is 7.36. The molecule has 1 unspecified atom stereocenters. The zero-order valence-corrected chi connectivity index (χ0v) is 8.49. The van der Waals surface area contributed by atoms with Crippen LogP contribution in [0.25, 0.3) is 0 Å². The maximum absolute atomic E-state index is 11.3. The summed E-state index contributed by atoms with van der Waals surface area (Å²) in [6.45, 7) is 2.53. The summed E-state index contributed by atoms with van der Waals surface area (Å²) in [5.74, 6) is 0.282. The minimum Gasteiger partial charge on any atom is -0.372 e. The van der Waals surface area contributed by atoms with E-state index in [2.05, 4.69) is 5.10 Å². The highest BCUT2D eigenvalue weighted by molar-refractivity contribution is 5.79. The van der Waals surface area contributed by atoms with Crippen molar-refractivity contribution in [3.05, 3.63) is 17.5 Å². The van der Waals surface area contributed by atoms with E-state index in [9.17, 15) is 4.79 Å². The molecular weight excluding hydrogens is 180 g/mol. The Morgan fingerprint density at radius 1 is 1.64 bits per heavy atom. The molecule has 14 heavy (non-hydrogen) atoms. The number of carbonyl (C=O) groups excluding carboxylic acids is 1. The Labute approximate surface area is 82.9 Å². The van der Waals surface area contributed by atoms with Gasteiger partial charge in [-0.25, -0.2) is 0 Å². The topological polar surface area (TPSA) is 44.1 Å². The third-order valence-corrected chi connectivity index (χ3v) is 2.73. The summed E-state index contributed by atoms with van der Waals surface area (Å²) in [4.78, 5) is 11.3. The fourth-order valence-corrected chi connectivity index (χ4v) is 1.71. The van der Waals surface area contributed by atoms with Crippen molar-refractivity contribution in [1.82, 2.24) is 9.78 Å². The lowest BCUT2D eigenvalue weighted by Crippen LogP contribution is -2.19. The number of nitrogens with zero attached hydrogens (tertiary/aromatic N) is 2. The van der Waals surface area contributed by atoms with Gasteiger partial charge in [-0.3, -0.25) is 9.48 Å². The molecule has 0 aliphatic carbocycles. The van der Waals surface area contributed by atoms with Gasteiger partial charge in [0.15, 0.2) is 0 Å². The summed E-state index contributed by atoms with van der Waals surface area (Å²) in [5.41, 5.74) is 2.12. The first-order valence-corrected chi connectivity index (χ1v) is 4.80. The van der Waals surface area contributed by atoms with Gasteiger partial charge in [0.2, 0.25) is 0 Å². The molecule has 1 aliphatic heterocycles. The number of hydrogen-bond acceptors (Lipinski definition) is 3. The lowest BCUT2D eigenvalue weighted by molar-refractivity contribution is -0.128. The highest BCUT2D eigenvalue weighted by atomic mass is 16.5. The van der Waals surface area contributed by atoms with Crippen LogP contribution >= 0.6 is 0 Å². The number of ketones is 1. The Bertz CT molecular complexity index is 357. The van der Waals surface area contributed by atoms with Crippen molar-refractivity contribution in [2.75, 3.05) is 6.61 Å². The van der Waals surface area contributed by atoms with E-state index < -0.39 is 0 Å². The Hall–Kier alpha value is -1.16. The highest BCUT2D eigenvalue weighted by Crippen LogP contribution is 2.27. The first kappa shape index (κ1) is 9.40. The van der Waals surface area contributed by atoms with Gasteiger partial charge in [-0.15, -0.1) is 0 Å². The van der Waals surface area contributed by atoms with Crippen LogP contribution in [0.1, 0.15) is 30.2 Å². The molecule has 1 aromatic heterocycles. The van der Waals surface area contributed by atoms with Gasteiger partial charge in [0.05, 0.1) is 18.9 Å². The number of carbonyl (C=O) groups is 1. The minimum atomic E-state index is -0.0788. The predicted octanol–water partition coefficient (Wildman–Crippen LogP) is 1.15. The number of Topliss-reactive ketones (excluding diaryl/α,β-unsaturated/α-hetero) is 1. The number of rotatable bonds is 1. The number of aryl methyl sites for hydroxylation is 1. The average Bonchev–Trinajstić information content (AvgIpc) is 2.48. The smallest absolute Gasteiger partial charge is 0.138 e. The molecule has 1 atom stereocenters. The van der Waals surface area contributed by atoms with E-state index in [4.69, 9.17) is 4.74 Å². The molecule has 0 N–H and O–H groups in total. The van der Waals surface area contributed by atoms with Crippen molar-refractivity contribution in [2.24, 2.45) is 7.05 Å². The molecule has 1 aliphatic rings. The minimum absolute atomic E-state index is 0.0788. The lowest BCUT2D eigenvalue weighted by atomic mass is 10.0. The molecule has 4 heteroatoms. The van der Waals surface area contributed by atoms with Crippen LogP contribution in [0.4, 0.5) is 0 Å². The third-order valence-electron chi connectivity index (χ3n) is 2.73. The third kappa shape index (κ3) is 1.57. The maximum atomic E-state index is 11.3. The Balaban J connectivity index is 2.22. The molecule has 1 saturated heterocycles. The first-order valence-electron chi connectivity index (χ1n) is 4.80. The molecule has 2 heterocycles. The van der Waals surface area contributed by atoms with Gasteiger partial charge in [0.25, 0.3) is 0 Å². The fraction of sp³-hybridized carbons (Fsp3) is 0.600. The molecule has 0 radical (unpaired) electrons. The van der Waals surface area contributed by atoms with Crippen LogP contribution < -0.4 is 0 Å². The first-order chi connectivity index (χ1) is 6.68. The van der Waals surface area contributed by atoms with Crippen molar-refractivity contribution >= 4 is 5.78 Å². The predicted molar refractivity (Wildman–Crippen MR) is 50.9 cm³/mol. The van der Waals surface area contributed by atoms with Crippen molar-refractivity contribution in [1.29, 1.82) is 0 Å². The van der Waals surface area contributed by atoms with Gasteiger partial charge in [-0.1, -0.05) is 0 Å². The second-order valence-electron chi connectivity index (χ2n) is 3.66. The summed E-state index contributed by atoms with van der Waals surface area (Å²) in [7, 11) is 1.89. The molecular formula is C10H14N2O2. The van der Waals surface area contributed by atoms with Crippen LogP contribution in [0.2, 0.25) is 0 Å². The van der Waals surface area contributed by atoms with Crippen LogP contribution in [0.3, 0.4) is 0 Å². The molecule has 2 rings (SSSR count). The molecule has 76 valence electrons. The largest absolute Gasteiger partial charge is 0.372 e. The van der Waals surface area contributed by atoms with Crippen LogP contribution in [-0.4, -0.2) is 22.2 Å². The molecule has 0 amide bonds. The number of hydrogen-bond donors (Lipinski definition) is 0. The lowest BCUT2D eigenvalue weighted by Gasteiger charge is -2.21. The van der Waals surface area contributed by atoms with Crippen LogP contribution in [0.5, 0.6) is 0 Å². The Morgan fingerprint density at radius 2 is 2.43 bits per heavy atom. The van der Waals surface area contributed by atoms with E-state index in [1.54, 1.807) is 10.9 Å². The number of aromatic nitrogens is 2. The molecule has 4 nitrogen and oxygen atoms in total. The fourth-order valence-electron chi connectivity index (χ4n) is 1.71. The van der Waals surface area contributed by atoms with Gasteiger partial charge in [0, 0.05) is 31.1 Å².